The second-order valence-corrected chi connectivity index (χ2v) is 24.9. The molecular weight excluding hydrogens is 1260 g/mol. The Kier molecular flexibility index (Phi) is 53.8. The Bertz CT molecular complexity index is 1970. The maximum atomic E-state index is 13.0. The fourth-order valence-corrected chi connectivity index (χ4v) is 10.5. The van der Waals surface area contributed by atoms with Crippen molar-refractivity contribution in [1.82, 2.24) is 25.3 Å². The molecule has 0 bridgehead atoms. The van der Waals surface area contributed by atoms with Crippen LogP contribution in [0.15, 0.2) is 0 Å². The van der Waals surface area contributed by atoms with E-state index in [9.17, 15) is 47.9 Å². The molecule has 5 atom stereocenters. The smallest absolute Gasteiger partial charge is 0.309 e. The van der Waals surface area contributed by atoms with Crippen molar-refractivity contribution in [2.45, 2.75) is 66.7 Å². The molecule has 0 saturated carbocycles. The van der Waals surface area contributed by atoms with E-state index in [4.69, 9.17) is 52.6 Å². The van der Waals surface area contributed by atoms with E-state index in [2.05, 4.69) is 10.6 Å². The van der Waals surface area contributed by atoms with Crippen LogP contribution in [0, 0.1) is 40.3 Å². The van der Waals surface area contributed by atoms with E-state index in [1.165, 1.54) is 47.0 Å². The number of thioether (sulfide) groups is 5. The van der Waals surface area contributed by atoms with Crippen LogP contribution in [0.4, 0.5) is 0 Å². The molecule has 512 valence electrons. The minimum atomic E-state index is -0.538. The number of thiocyanates is 1. The number of hydrogen-bond donors (Lipinski definition) is 2. The van der Waals surface area contributed by atoms with Gasteiger partial charge in [0, 0.05) is 114 Å². The number of carbonyl (C=O) groups is 10. The molecule has 31 heteroatoms. The Morgan fingerprint density at radius 3 is 0.775 bits per heavy atom. The number of esters is 10. The summed E-state index contributed by atoms with van der Waals surface area (Å²) < 4.78 is 52.8. The molecule has 0 aromatic heterocycles. The van der Waals surface area contributed by atoms with Crippen molar-refractivity contribution in [2.75, 3.05) is 205 Å². The summed E-state index contributed by atoms with van der Waals surface area (Å²) in [6, 6.07) is 0. The van der Waals surface area contributed by atoms with Crippen LogP contribution >= 0.6 is 58.8 Å². The van der Waals surface area contributed by atoms with Crippen LogP contribution < -0.4 is 10.6 Å². The molecule has 26 nitrogen and oxygen atoms in total. The first kappa shape index (κ1) is 84.7. The third-order valence-corrected chi connectivity index (χ3v) is 16.7. The van der Waals surface area contributed by atoms with Crippen molar-refractivity contribution in [3.8, 4) is 5.40 Å². The largest absolute Gasteiger partial charge is 0.462 e. The second-order valence-electron chi connectivity index (χ2n) is 20.4. The molecule has 0 spiro atoms. The van der Waals surface area contributed by atoms with Gasteiger partial charge in [-0.05, 0) is 36.8 Å². The minimum Gasteiger partial charge on any atom is -0.462 e. The second kappa shape index (κ2) is 56.5. The maximum Gasteiger partial charge on any atom is 0.309 e. The molecule has 0 aliphatic heterocycles. The van der Waals surface area contributed by atoms with Gasteiger partial charge in [-0.1, -0.05) is 34.6 Å². The first-order valence-electron chi connectivity index (χ1n) is 29.9. The molecule has 0 rings (SSSR count). The average Bonchev–Trinajstić information content (AvgIpc) is 3.62. The van der Waals surface area contributed by atoms with Crippen molar-refractivity contribution in [2.24, 2.45) is 29.6 Å². The summed E-state index contributed by atoms with van der Waals surface area (Å²) in [6.07, 6.45) is 7.46. The van der Waals surface area contributed by atoms with Crippen LogP contribution in [0.3, 0.4) is 0 Å². The van der Waals surface area contributed by atoms with E-state index in [-0.39, 0.29) is 184 Å². The molecule has 0 saturated heterocycles. The maximum absolute atomic E-state index is 13.0. The van der Waals surface area contributed by atoms with Gasteiger partial charge in [-0.25, -0.2) is 0 Å². The normalized spacial score (nSPS) is 12.8. The lowest BCUT2D eigenvalue weighted by Crippen LogP contribution is -2.42. The van der Waals surface area contributed by atoms with Crippen LogP contribution in [0.1, 0.15) is 66.7 Å². The predicted molar refractivity (Wildman–Crippen MR) is 345 cm³/mol. The highest BCUT2D eigenvalue weighted by molar-refractivity contribution is 8.03. The zero-order valence-corrected chi connectivity index (χ0v) is 57.8. The molecule has 0 aromatic rings. The standard InChI is InChI=1S/C58H100N6O20S5/c1-44(38-85-6)54(70)80-33-28-75-49(65)10-19-62(20-11-50(66)76-29-34-81-55(71)45(2)39-86-7)24-17-60-15-16-61-18-25-64(23-14-53(69)79-32-37-84-58(74)48(5)42-89-43-59)27-26-63(21-12-51(67)77-30-35-82-56(72)46(3)40-87-8)22-13-52(68)78-31-36-83-57(73)47(4)41-88-9/h44-48,60-61H,10-42H2,1-9H3. The van der Waals surface area contributed by atoms with E-state index in [0.717, 1.165) is 11.8 Å². The Labute approximate surface area is 548 Å². The number of nitrogens with one attached hydrogen (secondary N) is 2. The van der Waals surface area contributed by atoms with Gasteiger partial charge in [0.05, 0.1) is 61.7 Å². The number of nitrogens with zero attached hydrogens (tertiary/aromatic N) is 4. The van der Waals surface area contributed by atoms with Crippen molar-refractivity contribution in [1.29, 1.82) is 5.26 Å². The van der Waals surface area contributed by atoms with Gasteiger partial charge < -0.3 is 72.7 Å². The zero-order valence-electron chi connectivity index (χ0n) is 53.7. The van der Waals surface area contributed by atoms with Gasteiger partial charge in [0.2, 0.25) is 0 Å². The van der Waals surface area contributed by atoms with Crippen LogP contribution in [0.2, 0.25) is 0 Å². The predicted octanol–water partition coefficient (Wildman–Crippen LogP) is 3.30. The number of hydrogen-bond acceptors (Lipinski definition) is 31. The molecule has 2 N–H and O–H groups in total. The lowest BCUT2D eigenvalue weighted by atomic mass is 10.2. The average molecular weight is 1360 g/mol. The number of nitriles is 1. The molecule has 0 fully saturated rings. The summed E-state index contributed by atoms with van der Waals surface area (Å²) in [5, 5.41) is 17.5. The van der Waals surface area contributed by atoms with Gasteiger partial charge in [-0.3, -0.25) is 47.9 Å². The van der Waals surface area contributed by atoms with Crippen molar-refractivity contribution >= 4 is 119 Å². The number of ether oxygens (including phenoxy) is 10. The van der Waals surface area contributed by atoms with E-state index in [0.29, 0.717) is 75.4 Å². The molecule has 0 aliphatic rings. The van der Waals surface area contributed by atoms with Crippen LogP contribution in [0.5, 0.6) is 0 Å². The fraction of sp³-hybridized carbons (Fsp3) is 0.810. The van der Waals surface area contributed by atoms with Gasteiger partial charge >= 0.3 is 59.7 Å². The SMILES string of the molecule is CSCC(C)C(=O)OCCOC(=O)CCN(CCNCCNCCN(CCC(=O)OCCOC(=O)C(C)CSC#N)CCN(CCC(=O)OCCOC(=O)C(C)CSC)CCC(=O)OCCOC(=O)C(C)CSC)CCC(=O)OCCOC(=O)C(C)CSC. The van der Waals surface area contributed by atoms with E-state index in [1.807, 2.05) is 45.1 Å². The van der Waals surface area contributed by atoms with Gasteiger partial charge in [-0.2, -0.15) is 52.3 Å². The zero-order chi connectivity index (χ0) is 66.5. The third kappa shape index (κ3) is 48.2. The van der Waals surface area contributed by atoms with Crippen LogP contribution in [-0.2, 0) is 95.3 Å². The Morgan fingerprint density at radius 2 is 0.539 bits per heavy atom. The van der Waals surface area contributed by atoms with Gasteiger partial charge in [0.1, 0.15) is 71.5 Å². The number of carbonyl (C=O) groups excluding carboxylic acids is 10. The molecule has 5 unspecified atom stereocenters. The highest BCUT2D eigenvalue weighted by Crippen LogP contribution is 2.12. The first-order valence-corrected chi connectivity index (χ1v) is 36.4. The summed E-state index contributed by atoms with van der Waals surface area (Å²) in [4.78, 5) is 131. The number of rotatable bonds is 57. The highest BCUT2D eigenvalue weighted by Gasteiger charge is 2.21. The topological polar surface area (TPSA) is 321 Å². The van der Waals surface area contributed by atoms with Crippen molar-refractivity contribution in [3.05, 3.63) is 0 Å². The van der Waals surface area contributed by atoms with Crippen molar-refractivity contribution < 1.29 is 95.3 Å². The summed E-state index contributed by atoms with van der Waals surface area (Å²) in [5.74, 6) is -3.67. The molecule has 0 aliphatic carbocycles. The van der Waals surface area contributed by atoms with Crippen LogP contribution in [-0.4, -0.2) is 279 Å². The van der Waals surface area contributed by atoms with Crippen LogP contribution in [0.25, 0.3) is 0 Å². The summed E-state index contributed by atoms with van der Waals surface area (Å²) >= 11 is 7.02. The van der Waals surface area contributed by atoms with E-state index >= 15 is 0 Å². The van der Waals surface area contributed by atoms with Crippen molar-refractivity contribution in [3.63, 3.8) is 0 Å². The van der Waals surface area contributed by atoms with Gasteiger partial charge in [0.15, 0.2) is 0 Å². The first-order chi connectivity index (χ1) is 42.7. The lowest BCUT2D eigenvalue weighted by Gasteiger charge is -2.27. The monoisotopic (exact) mass is 1360 g/mol. The fourth-order valence-electron chi connectivity index (χ4n) is 7.50. The van der Waals surface area contributed by atoms with E-state index < -0.39 is 41.7 Å². The van der Waals surface area contributed by atoms with Gasteiger partial charge in [-0.15, -0.1) is 0 Å². The summed E-state index contributed by atoms with van der Waals surface area (Å²) in [6.45, 7) is 12.4. The molecular formula is C58H100N6O20S5. The Morgan fingerprint density at radius 1 is 0.326 bits per heavy atom. The minimum absolute atomic E-state index is 0.0121. The van der Waals surface area contributed by atoms with E-state index in [1.54, 1.807) is 34.6 Å². The van der Waals surface area contributed by atoms with Gasteiger partial charge in [0.25, 0.3) is 0 Å². The lowest BCUT2D eigenvalue weighted by molar-refractivity contribution is -0.154. The molecule has 89 heavy (non-hydrogen) atoms. The molecule has 0 aromatic carbocycles. The molecule has 0 radical (unpaired) electrons. The Balaban J connectivity index is 5.86. The Hall–Kier alpha value is -4.26. The molecule has 0 heterocycles. The third-order valence-electron chi connectivity index (χ3n) is 12.6. The highest BCUT2D eigenvalue weighted by atomic mass is 32.2. The quantitative estimate of drug-likeness (QED) is 0.0382. The summed E-state index contributed by atoms with van der Waals surface area (Å²) in [7, 11) is 0. The summed E-state index contributed by atoms with van der Waals surface area (Å²) in [5.41, 5.74) is 0. The molecule has 0 amide bonds.